The van der Waals surface area contributed by atoms with Gasteiger partial charge in [0, 0.05) is 12.6 Å². The highest BCUT2D eigenvalue weighted by Gasteiger charge is 2.42. The molecule has 0 saturated heterocycles. The lowest BCUT2D eigenvalue weighted by Gasteiger charge is -2.33. The summed E-state index contributed by atoms with van der Waals surface area (Å²) in [5.41, 5.74) is 0.176. The van der Waals surface area contributed by atoms with Crippen LogP contribution in [0.1, 0.15) is 40.0 Å². The lowest BCUT2D eigenvalue weighted by atomic mass is 9.85. The van der Waals surface area contributed by atoms with E-state index in [4.69, 9.17) is 0 Å². The van der Waals surface area contributed by atoms with E-state index in [1.807, 2.05) is 14.0 Å². The Morgan fingerprint density at radius 2 is 1.95 bits per heavy atom. The van der Waals surface area contributed by atoms with Gasteiger partial charge in [0.15, 0.2) is 0 Å². The van der Waals surface area contributed by atoms with Gasteiger partial charge < -0.3 is 5.32 Å². The van der Waals surface area contributed by atoms with Crippen molar-refractivity contribution in [3.63, 3.8) is 0 Å². The van der Waals surface area contributed by atoms with Gasteiger partial charge in [-0.1, -0.05) is 20.8 Å². The summed E-state index contributed by atoms with van der Waals surface area (Å²) in [4.78, 5) is 1.57. The summed E-state index contributed by atoms with van der Waals surface area (Å²) in [6.45, 7) is 6.60. The molecule has 0 spiro atoms. The second-order valence-electron chi connectivity index (χ2n) is 6.40. The Labute approximate surface area is 114 Å². The molecule has 1 saturated carbocycles. The van der Waals surface area contributed by atoms with Crippen molar-refractivity contribution in [1.82, 2.24) is 10.2 Å². The number of nitrogens with zero attached hydrogens (tertiary/aromatic N) is 1. The van der Waals surface area contributed by atoms with Gasteiger partial charge in [0.05, 0.1) is 6.54 Å². The zero-order valence-corrected chi connectivity index (χ0v) is 12.5. The predicted octanol–water partition coefficient (Wildman–Crippen LogP) is 3.28. The van der Waals surface area contributed by atoms with E-state index in [1.165, 1.54) is 0 Å². The minimum Gasteiger partial charge on any atom is -0.316 e. The van der Waals surface area contributed by atoms with Crippen LogP contribution in [0.15, 0.2) is 0 Å². The summed E-state index contributed by atoms with van der Waals surface area (Å²) in [6.07, 6.45) is -1.25. The Hall–Kier alpha value is -0.290. The van der Waals surface area contributed by atoms with Crippen molar-refractivity contribution < 1.29 is 13.2 Å². The molecule has 0 bridgehead atoms. The number of halogens is 3. The van der Waals surface area contributed by atoms with Gasteiger partial charge in [-0.15, -0.1) is 0 Å². The van der Waals surface area contributed by atoms with Crippen LogP contribution in [-0.4, -0.2) is 43.8 Å². The first-order chi connectivity index (χ1) is 8.69. The van der Waals surface area contributed by atoms with E-state index in [1.54, 1.807) is 4.90 Å². The second-order valence-corrected chi connectivity index (χ2v) is 6.40. The molecule has 1 rings (SSSR count). The molecule has 114 valence electrons. The van der Waals surface area contributed by atoms with Gasteiger partial charge in [-0.3, -0.25) is 4.90 Å². The summed E-state index contributed by atoms with van der Waals surface area (Å²) < 4.78 is 37.7. The first-order valence-corrected chi connectivity index (χ1v) is 7.16. The zero-order valence-electron chi connectivity index (χ0n) is 12.5. The molecule has 0 amide bonds. The Kier molecular flexibility index (Phi) is 5.68. The molecule has 0 aliphatic heterocycles. The van der Waals surface area contributed by atoms with Gasteiger partial charge in [0.2, 0.25) is 0 Å². The average molecular weight is 280 g/mol. The van der Waals surface area contributed by atoms with Crippen LogP contribution in [0, 0.1) is 11.3 Å². The Balaban J connectivity index is 2.64. The lowest BCUT2D eigenvalue weighted by molar-refractivity contribution is -0.147. The minimum absolute atomic E-state index is 0.176. The molecule has 0 aromatic carbocycles. The first-order valence-electron chi connectivity index (χ1n) is 7.16. The predicted molar refractivity (Wildman–Crippen MR) is 72.1 cm³/mol. The molecule has 0 radical (unpaired) electrons. The summed E-state index contributed by atoms with van der Waals surface area (Å²) in [5, 5.41) is 3.31. The molecule has 5 heteroatoms. The van der Waals surface area contributed by atoms with Gasteiger partial charge in [-0.2, -0.15) is 13.2 Å². The highest BCUT2D eigenvalue weighted by Crippen LogP contribution is 2.41. The maximum Gasteiger partial charge on any atom is 0.401 e. The maximum atomic E-state index is 12.6. The molecule has 0 aromatic heterocycles. The van der Waals surface area contributed by atoms with Crippen molar-refractivity contribution in [3.8, 4) is 0 Å². The smallest absolute Gasteiger partial charge is 0.316 e. The second kappa shape index (κ2) is 6.44. The third-order valence-corrected chi connectivity index (χ3v) is 4.22. The summed E-state index contributed by atoms with van der Waals surface area (Å²) >= 11 is 0. The first kappa shape index (κ1) is 16.8. The molecular formula is C14H27F3N2. The van der Waals surface area contributed by atoms with Crippen LogP contribution in [0.5, 0.6) is 0 Å². The molecule has 1 fully saturated rings. The van der Waals surface area contributed by atoms with E-state index in [2.05, 4.69) is 19.2 Å². The van der Waals surface area contributed by atoms with E-state index < -0.39 is 12.7 Å². The van der Waals surface area contributed by atoms with E-state index in [9.17, 15) is 13.2 Å². The lowest BCUT2D eigenvalue weighted by Crippen LogP contribution is -2.46. The number of hydrogen-bond acceptors (Lipinski definition) is 2. The van der Waals surface area contributed by atoms with Crippen molar-refractivity contribution in [2.75, 3.05) is 26.7 Å². The third kappa shape index (κ3) is 4.95. The Morgan fingerprint density at radius 1 is 1.32 bits per heavy atom. The summed E-state index contributed by atoms with van der Waals surface area (Å²) in [6, 6.07) is 0.306. The van der Waals surface area contributed by atoms with Crippen LogP contribution in [0.3, 0.4) is 0 Å². The number of alkyl halides is 3. The van der Waals surface area contributed by atoms with Gasteiger partial charge >= 0.3 is 6.18 Å². The average Bonchev–Trinajstić information content (AvgIpc) is 2.51. The van der Waals surface area contributed by atoms with Crippen molar-refractivity contribution in [2.45, 2.75) is 52.3 Å². The molecule has 19 heavy (non-hydrogen) atoms. The molecule has 2 nitrogen and oxygen atoms in total. The minimum atomic E-state index is -4.10. The van der Waals surface area contributed by atoms with E-state index in [0.29, 0.717) is 25.0 Å². The topological polar surface area (TPSA) is 15.3 Å². The fourth-order valence-corrected chi connectivity index (χ4v) is 3.48. The van der Waals surface area contributed by atoms with Crippen LogP contribution in [0.25, 0.3) is 0 Å². The molecule has 0 aromatic rings. The summed E-state index contributed by atoms with van der Waals surface area (Å²) in [5.74, 6) is 0.314. The Bertz CT molecular complexity index is 276. The van der Waals surface area contributed by atoms with Crippen LogP contribution in [0.2, 0.25) is 0 Å². The van der Waals surface area contributed by atoms with Gasteiger partial charge in [0.1, 0.15) is 0 Å². The molecule has 0 heterocycles. The van der Waals surface area contributed by atoms with Crippen LogP contribution >= 0.6 is 0 Å². The van der Waals surface area contributed by atoms with E-state index in [0.717, 1.165) is 19.3 Å². The monoisotopic (exact) mass is 280 g/mol. The van der Waals surface area contributed by atoms with Crippen LogP contribution < -0.4 is 5.32 Å². The van der Waals surface area contributed by atoms with E-state index in [-0.39, 0.29) is 5.41 Å². The largest absolute Gasteiger partial charge is 0.401 e. The van der Waals surface area contributed by atoms with Gasteiger partial charge in [-0.25, -0.2) is 0 Å². The SMILES string of the molecule is CCCN(CC1CCC(C)(C)C1NC)CC(F)(F)F. The van der Waals surface area contributed by atoms with E-state index >= 15 is 0 Å². The number of nitrogens with one attached hydrogen (secondary N) is 1. The molecule has 1 aliphatic carbocycles. The molecule has 2 unspecified atom stereocenters. The van der Waals surface area contributed by atoms with Gasteiger partial charge in [-0.05, 0) is 44.2 Å². The standard InChI is InChI=1S/C14H27F3N2/c1-5-8-19(10-14(15,16)17)9-11-6-7-13(2,3)12(11)18-4/h11-12,18H,5-10H2,1-4H3. The normalized spacial score (nSPS) is 27.2. The number of rotatable bonds is 6. The van der Waals surface area contributed by atoms with Crippen molar-refractivity contribution in [2.24, 2.45) is 11.3 Å². The quantitative estimate of drug-likeness (QED) is 0.803. The molecule has 2 atom stereocenters. The fraction of sp³-hybridized carbons (Fsp3) is 1.00. The van der Waals surface area contributed by atoms with Crippen molar-refractivity contribution >= 4 is 0 Å². The third-order valence-electron chi connectivity index (χ3n) is 4.22. The van der Waals surface area contributed by atoms with Crippen molar-refractivity contribution in [1.29, 1.82) is 0 Å². The maximum absolute atomic E-state index is 12.6. The Morgan fingerprint density at radius 3 is 2.42 bits per heavy atom. The molecular weight excluding hydrogens is 253 g/mol. The van der Waals surface area contributed by atoms with Crippen molar-refractivity contribution in [3.05, 3.63) is 0 Å². The van der Waals surface area contributed by atoms with Gasteiger partial charge in [0.25, 0.3) is 0 Å². The van der Waals surface area contributed by atoms with Crippen LogP contribution in [-0.2, 0) is 0 Å². The van der Waals surface area contributed by atoms with Crippen LogP contribution in [0.4, 0.5) is 13.2 Å². The zero-order chi connectivity index (χ0) is 14.7. The summed E-state index contributed by atoms with van der Waals surface area (Å²) in [7, 11) is 1.92. The number of hydrogen-bond donors (Lipinski definition) is 1. The highest BCUT2D eigenvalue weighted by atomic mass is 19.4. The fourth-order valence-electron chi connectivity index (χ4n) is 3.48. The molecule has 1 aliphatic rings. The highest BCUT2D eigenvalue weighted by molar-refractivity contribution is 4.96. The molecule has 1 N–H and O–H groups in total.